The van der Waals surface area contributed by atoms with Crippen molar-refractivity contribution in [1.29, 1.82) is 0 Å². The van der Waals surface area contributed by atoms with Gasteiger partial charge in [-0.25, -0.2) is 4.79 Å². The average Bonchev–Trinajstić information content (AvgIpc) is 2.85. The SMILES string of the molecule is Cc1cccc(C(=O)O)c1NC(=O)C1C2CCCC21. The Morgan fingerprint density at radius 3 is 2.58 bits per heavy atom. The minimum absolute atomic E-state index is 0.00787. The van der Waals surface area contributed by atoms with Crippen molar-refractivity contribution in [2.24, 2.45) is 17.8 Å². The number of nitrogens with one attached hydrogen (secondary N) is 1. The molecule has 0 saturated heterocycles. The summed E-state index contributed by atoms with van der Waals surface area (Å²) in [5, 5.41) is 12.0. The molecule has 0 radical (unpaired) electrons. The van der Waals surface area contributed by atoms with Gasteiger partial charge in [0.15, 0.2) is 0 Å². The van der Waals surface area contributed by atoms with Crippen molar-refractivity contribution in [2.45, 2.75) is 26.2 Å². The lowest BCUT2D eigenvalue weighted by Gasteiger charge is -2.12. The van der Waals surface area contributed by atoms with Gasteiger partial charge < -0.3 is 10.4 Å². The van der Waals surface area contributed by atoms with Crippen LogP contribution in [0.1, 0.15) is 35.2 Å². The van der Waals surface area contributed by atoms with Gasteiger partial charge in [-0.05, 0) is 43.2 Å². The number of anilines is 1. The van der Waals surface area contributed by atoms with Gasteiger partial charge in [-0.1, -0.05) is 18.6 Å². The van der Waals surface area contributed by atoms with Crippen LogP contribution in [0, 0.1) is 24.7 Å². The standard InChI is InChI=1S/C15H17NO3/c1-8-4-2-7-11(15(18)19)13(8)16-14(17)12-9-5-3-6-10(9)12/h2,4,7,9-10,12H,3,5-6H2,1H3,(H,16,17)(H,18,19). The van der Waals surface area contributed by atoms with Gasteiger partial charge in [0, 0.05) is 5.92 Å². The second-order valence-corrected chi connectivity index (χ2v) is 5.58. The topological polar surface area (TPSA) is 66.4 Å². The molecule has 2 aliphatic rings. The third-order valence-electron chi connectivity index (χ3n) is 4.46. The number of hydrogen-bond donors (Lipinski definition) is 2. The number of fused-ring (bicyclic) bond motifs is 1. The third kappa shape index (κ3) is 2.01. The van der Waals surface area contributed by atoms with Gasteiger partial charge in [-0.15, -0.1) is 0 Å². The van der Waals surface area contributed by atoms with E-state index in [0.29, 0.717) is 17.5 Å². The Morgan fingerprint density at radius 1 is 1.26 bits per heavy atom. The lowest BCUT2D eigenvalue weighted by Crippen LogP contribution is -2.19. The molecule has 0 spiro atoms. The van der Waals surface area contributed by atoms with Gasteiger partial charge in [-0.3, -0.25) is 4.79 Å². The minimum Gasteiger partial charge on any atom is -0.478 e. The molecule has 2 atom stereocenters. The number of benzene rings is 1. The van der Waals surface area contributed by atoms with Crippen LogP contribution in [-0.4, -0.2) is 17.0 Å². The predicted molar refractivity (Wildman–Crippen MR) is 71.1 cm³/mol. The predicted octanol–water partition coefficient (Wildman–Crippen LogP) is 2.68. The van der Waals surface area contributed by atoms with Crippen LogP contribution in [0.3, 0.4) is 0 Å². The molecule has 1 aromatic rings. The van der Waals surface area contributed by atoms with Crippen LogP contribution in [0.5, 0.6) is 0 Å². The van der Waals surface area contributed by atoms with Crippen molar-refractivity contribution in [2.75, 3.05) is 5.32 Å². The van der Waals surface area contributed by atoms with Gasteiger partial charge in [0.2, 0.25) is 5.91 Å². The van der Waals surface area contributed by atoms with Crippen molar-refractivity contribution in [3.05, 3.63) is 29.3 Å². The molecule has 1 amide bonds. The molecule has 2 aliphatic carbocycles. The first kappa shape index (κ1) is 12.2. The lowest BCUT2D eigenvalue weighted by atomic mass is 10.1. The number of aromatic carboxylic acids is 1. The number of para-hydroxylation sites is 1. The summed E-state index contributed by atoms with van der Waals surface area (Å²) < 4.78 is 0. The van der Waals surface area contributed by atoms with Crippen LogP contribution in [0.2, 0.25) is 0 Å². The number of carboxylic acid groups (broad SMARTS) is 1. The first-order valence-corrected chi connectivity index (χ1v) is 6.73. The Labute approximate surface area is 111 Å². The Morgan fingerprint density at radius 2 is 1.95 bits per heavy atom. The van der Waals surface area contributed by atoms with E-state index in [1.165, 1.54) is 12.5 Å². The van der Waals surface area contributed by atoms with E-state index < -0.39 is 5.97 Å². The fraction of sp³-hybridized carbons (Fsp3) is 0.467. The van der Waals surface area contributed by atoms with E-state index in [1.807, 2.05) is 13.0 Å². The van der Waals surface area contributed by atoms with E-state index in [-0.39, 0.29) is 17.4 Å². The number of amides is 1. The van der Waals surface area contributed by atoms with Crippen molar-refractivity contribution < 1.29 is 14.7 Å². The molecule has 0 heterocycles. The summed E-state index contributed by atoms with van der Waals surface area (Å²) in [5.41, 5.74) is 1.41. The van der Waals surface area contributed by atoms with Crippen molar-refractivity contribution in [1.82, 2.24) is 0 Å². The maximum Gasteiger partial charge on any atom is 0.337 e. The Bertz CT molecular complexity index is 542. The zero-order chi connectivity index (χ0) is 13.6. The quantitative estimate of drug-likeness (QED) is 0.877. The highest BCUT2D eigenvalue weighted by molar-refractivity contribution is 6.03. The Hall–Kier alpha value is -1.84. The summed E-state index contributed by atoms with van der Waals surface area (Å²) in [4.78, 5) is 23.4. The second kappa shape index (κ2) is 4.37. The summed E-state index contributed by atoms with van der Waals surface area (Å²) in [6.45, 7) is 1.82. The highest BCUT2D eigenvalue weighted by Crippen LogP contribution is 2.57. The molecule has 2 unspecified atom stereocenters. The Kier molecular flexibility index (Phi) is 2.81. The van der Waals surface area contributed by atoms with Gasteiger partial charge >= 0.3 is 5.97 Å². The van der Waals surface area contributed by atoms with Gasteiger partial charge in [-0.2, -0.15) is 0 Å². The van der Waals surface area contributed by atoms with Gasteiger partial charge in [0.25, 0.3) is 0 Å². The largest absolute Gasteiger partial charge is 0.478 e. The number of rotatable bonds is 3. The number of carboxylic acids is 1. The summed E-state index contributed by atoms with van der Waals surface area (Å²) in [5.74, 6) is 0.172. The van der Waals surface area contributed by atoms with E-state index in [2.05, 4.69) is 5.32 Å². The molecule has 0 bridgehead atoms. The molecule has 2 saturated carbocycles. The van der Waals surface area contributed by atoms with E-state index in [4.69, 9.17) is 5.11 Å². The summed E-state index contributed by atoms with van der Waals surface area (Å²) >= 11 is 0. The van der Waals surface area contributed by atoms with Crippen molar-refractivity contribution in [3.8, 4) is 0 Å². The smallest absolute Gasteiger partial charge is 0.337 e. The van der Waals surface area contributed by atoms with Crippen LogP contribution < -0.4 is 5.32 Å². The maximum absolute atomic E-state index is 12.2. The number of aryl methyl sites for hydroxylation is 1. The van der Waals surface area contributed by atoms with E-state index in [1.54, 1.807) is 6.07 Å². The minimum atomic E-state index is -1.00. The Balaban J connectivity index is 1.80. The van der Waals surface area contributed by atoms with Gasteiger partial charge in [0.05, 0.1) is 11.3 Å². The highest BCUT2D eigenvalue weighted by atomic mass is 16.4. The zero-order valence-corrected chi connectivity index (χ0v) is 10.8. The van der Waals surface area contributed by atoms with E-state index in [0.717, 1.165) is 18.4 Å². The van der Waals surface area contributed by atoms with E-state index >= 15 is 0 Å². The van der Waals surface area contributed by atoms with Gasteiger partial charge in [0.1, 0.15) is 0 Å². The number of carbonyl (C=O) groups is 2. The molecule has 1 aromatic carbocycles. The lowest BCUT2D eigenvalue weighted by molar-refractivity contribution is -0.118. The summed E-state index contributed by atoms with van der Waals surface area (Å²) in [6, 6.07) is 5.04. The molecule has 4 nitrogen and oxygen atoms in total. The fourth-order valence-electron chi connectivity index (χ4n) is 3.43. The average molecular weight is 259 g/mol. The number of hydrogen-bond acceptors (Lipinski definition) is 2. The molecular formula is C15H17NO3. The van der Waals surface area contributed by atoms with Crippen LogP contribution in [0.4, 0.5) is 5.69 Å². The van der Waals surface area contributed by atoms with Crippen LogP contribution in [-0.2, 0) is 4.79 Å². The molecule has 100 valence electrons. The molecule has 2 N–H and O–H groups in total. The monoisotopic (exact) mass is 259 g/mol. The summed E-state index contributed by atoms with van der Waals surface area (Å²) in [6.07, 6.45) is 3.51. The molecule has 2 fully saturated rings. The summed E-state index contributed by atoms with van der Waals surface area (Å²) in [7, 11) is 0. The maximum atomic E-state index is 12.2. The van der Waals surface area contributed by atoms with Crippen LogP contribution in [0.25, 0.3) is 0 Å². The molecule has 0 aliphatic heterocycles. The molecule has 4 heteroatoms. The van der Waals surface area contributed by atoms with Crippen molar-refractivity contribution >= 4 is 17.6 Å². The molecule has 0 aromatic heterocycles. The first-order chi connectivity index (χ1) is 9.09. The highest BCUT2D eigenvalue weighted by Gasteiger charge is 2.56. The van der Waals surface area contributed by atoms with E-state index in [9.17, 15) is 9.59 Å². The molecule has 3 rings (SSSR count). The molecular weight excluding hydrogens is 242 g/mol. The molecule has 19 heavy (non-hydrogen) atoms. The number of carbonyl (C=O) groups excluding carboxylic acids is 1. The van der Waals surface area contributed by atoms with Crippen LogP contribution >= 0.6 is 0 Å². The fourth-order valence-corrected chi connectivity index (χ4v) is 3.43. The van der Waals surface area contributed by atoms with Crippen molar-refractivity contribution in [3.63, 3.8) is 0 Å². The second-order valence-electron chi connectivity index (χ2n) is 5.58. The first-order valence-electron chi connectivity index (χ1n) is 6.73. The normalized spacial score (nSPS) is 27.7. The third-order valence-corrected chi connectivity index (χ3v) is 4.46. The zero-order valence-electron chi connectivity index (χ0n) is 10.8. The van der Waals surface area contributed by atoms with Crippen LogP contribution in [0.15, 0.2) is 18.2 Å².